The van der Waals surface area contributed by atoms with Crippen LogP contribution in [0.25, 0.3) is 15.8 Å². The fourth-order valence-corrected chi connectivity index (χ4v) is 3.02. The number of hydrogen-bond acceptors (Lipinski definition) is 2. The zero-order chi connectivity index (χ0) is 9.80. The van der Waals surface area contributed by atoms with Gasteiger partial charge in [-0.2, -0.15) is 0 Å². The van der Waals surface area contributed by atoms with Gasteiger partial charge in [0, 0.05) is 20.5 Å². The highest BCUT2D eigenvalue weighted by molar-refractivity contribution is 7.21. The third kappa shape index (κ3) is 2.27. The van der Waals surface area contributed by atoms with E-state index in [9.17, 15) is 0 Å². The Morgan fingerprint density at radius 2 is 2.14 bits per heavy atom. The summed E-state index contributed by atoms with van der Waals surface area (Å²) in [5, 5.41) is 2.10. The molecule has 0 atom stereocenters. The molecule has 0 aliphatic heterocycles. The minimum absolute atomic E-state index is 0.576. The normalized spacial score (nSPS) is 11.2. The lowest BCUT2D eigenvalue weighted by Gasteiger charge is -1.87. The first-order chi connectivity index (χ1) is 6.90. The van der Waals surface area contributed by atoms with Crippen LogP contribution in [0.2, 0.25) is 0 Å². The van der Waals surface area contributed by atoms with Crippen molar-refractivity contribution >= 4 is 40.4 Å². The van der Waals surface area contributed by atoms with Crippen LogP contribution in [-0.2, 0) is 0 Å². The summed E-state index contributed by atoms with van der Waals surface area (Å²) in [6.45, 7) is 0. The third-order valence-electron chi connectivity index (χ3n) is 1.76. The van der Waals surface area contributed by atoms with Crippen LogP contribution < -0.4 is 0 Å². The zero-order valence-electron chi connectivity index (χ0n) is 7.44. The van der Waals surface area contributed by atoms with E-state index in [0.29, 0.717) is 5.88 Å². The highest BCUT2D eigenvalue weighted by Crippen LogP contribution is 2.31. The van der Waals surface area contributed by atoms with Gasteiger partial charge < -0.3 is 0 Å². The summed E-state index contributed by atoms with van der Waals surface area (Å²) in [7, 11) is 0. The molecule has 2 aromatic rings. The van der Waals surface area contributed by atoms with Crippen LogP contribution >= 0.6 is 34.3 Å². The van der Waals surface area contributed by atoms with Crippen LogP contribution in [-0.4, -0.2) is 5.88 Å². The maximum absolute atomic E-state index is 5.58. The molecule has 0 saturated heterocycles. The van der Waals surface area contributed by atoms with Gasteiger partial charge in [-0.3, -0.25) is 0 Å². The highest BCUT2D eigenvalue weighted by atomic mass is 35.5. The van der Waals surface area contributed by atoms with E-state index >= 15 is 0 Å². The highest BCUT2D eigenvalue weighted by Gasteiger charge is 2.00. The minimum Gasteiger partial charge on any atom is -0.143 e. The fourth-order valence-electron chi connectivity index (χ4n) is 1.15. The number of allylic oxidation sites excluding steroid dienone is 1. The first kappa shape index (κ1) is 9.97. The molecule has 0 aliphatic carbocycles. The zero-order valence-corrected chi connectivity index (χ0v) is 9.83. The van der Waals surface area contributed by atoms with Gasteiger partial charge in [0.25, 0.3) is 0 Å². The van der Waals surface area contributed by atoms with Crippen LogP contribution in [0.4, 0.5) is 0 Å². The second-order valence-corrected chi connectivity index (χ2v) is 5.11. The summed E-state index contributed by atoms with van der Waals surface area (Å²) in [6.07, 6.45) is 4.03. The SMILES string of the molecule is ClCC=Cc1ccc(-c2cccs2)s1. The van der Waals surface area contributed by atoms with E-state index in [1.165, 1.54) is 14.6 Å². The molecule has 0 nitrogen and oxygen atoms in total. The summed E-state index contributed by atoms with van der Waals surface area (Å²) in [5.41, 5.74) is 0. The summed E-state index contributed by atoms with van der Waals surface area (Å²) in [5.74, 6) is 0.576. The van der Waals surface area contributed by atoms with Gasteiger partial charge in [0.15, 0.2) is 0 Å². The van der Waals surface area contributed by atoms with Gasteiger partial charge in [-0.15, -0.1) is 34.3 Å². The summed E-state index contributed by atoms with van der Waals surface area (Å²) in [6, 6.07) is 8.51. The Kier molecular flexibility index (Phi) is 3.40. The maximum Gasteiger partial charge on any atom is 0.0448 e. The molecule has 0 aliphatic rings. The van der Waals surface area contributed by atoms with E-state index in [1.807, 2.05) is 6.08 Å². The Morgan fingerprint density at radius 3 is 2.86 bits per heavy atom. The lowest BCUT2D eigenvalue weighted by Crippen LogP contribution is -1.59. The van der Waals surface area contributed by atoms with E-state index in [1.54, 1.807) is 22.7 Å². The minimum atomic E-state index is 0.576. The second-order valence-electron chi connectivity index (χ2n) is 2.74. The quantitative estimate of drug-likeness (QED) is 0.681. The van der Waals surface area contributed by atoms with Gasteiger partial charge >= 0.3 is 0 Å². The van der Waals surface area contributed by atoms with Gasteiger partial charge in [0.1, 0.15) is 0 Å². The van der Waals surface area contributed by atoms with Crippen molar-refractivity contribution < 1.29 is 0 Å². The molecule has 0 bridgehead atoms. The Hall–Kier alpha value is -0.570. The maximum atomic E-state index is 5.58. The number of thiophene rings is 2. The Morgan fingerprint density at radius 1 is 1.21 bits per heavy atom. The van der Waals surface area contributed by atoms with Crippen molar-refractivity contribution in [3.05, 3.63) is 40.6 Å². The molecule has 2 heterocycles. The molecule has 0 N–H and O–H groups in total. The monoisotopic (exact) mass is 240 g/mol. The molecule has 2 rings (SSSR count). The number of halogens is 1. The summed E-state index contributed by atoms with van der Waals surface area (Å²) in [4.78, 5) is 3.92. The van der Waals surface area contributed by atoms with E-state index < -0.39 is 0 Å². The van der Waals surface area contributed by atoms with Crippen molar-refractivity contribution in [1.29, 1.82) is 0 Å². The topological polar surface area (TPSA) is 0 Å². The Bertz CT molecular complexity index is 412. The molecule has 0 saturated carbocycles. The van der Waals surface area contributed by atoms with Gasteiger partial charge in [0.2, 0.25) is 0 Å². The Balaban J connectivity index is 2.22. The van der Waals surface area contributed by atoms with Gasteiger partial charge in [-0.1, -0.05) is 12.1 Å². The van der Waals surface area contributed by atoms with Crippen LogP contribution in [0.1, 0.15) is 4.88 Å². The van der Waals surface area contributed by atoms with Crippen molar-refractivity contribution in [1.82, 2.24) is 0 Å². The average molecular weight is 241 g/mol. The molecule has 0 fully saturated rings. The molecule has 0 spiro atoms. The van der Waals surface area contributed by atoms with Crippen molar-refractivity contribution in [2.24, 2.45) is 0 Å². The van der Waals surface area contributed by atoms with Crippen molar-refractivity contribution in [2.45, 2.75) is 0 Å². The van der Waals surface area contributed by atoms with Crippen LogP contribution in [0.15, 0.2) is 35.7 Å². The fraction of sp³-hybridized carbons (Fsp3) is 0.0909. The van der Waals surface area contributed by atoms with E-state index in [0.717, 1.165) is 0 Å². The van der Waals surface area contributed by atoms with Crippen molar-refractivity contribution in [3.63, 3.8) is 0 Å². The first-order valence-electron chi connectivity index (χ1n) is 4.26. The largest absolute Gasteiger partial charge is 0.143 e. The van der Waals surface area contributed by atoms with Crippen molar-refractivity contribution in [3.8, 4) is 9.75 Å². The van der Waals surface area contributed by atoms with E-state index in [-0.39, 0.29) is 0 Å². The van der Waals surface area contributed by atoms with Crippen LogP contribution in [0.5, 0.6) is 0 Å². The molecule has 2 aromatic heterocycles. The molecular weight excluding hydrogens is 232 g/mol. The molecule has 0 amide bonds. The molecule has 72 valence electrons. The van der Waals surface area contributed by atoms with Gasteiger partial charge in [-0.25, -0.2) is 0 Å². The van der Waals surface area contributed by atoms with Crippen LogP contribution in [0.3, 0.4) is 0 Å². The lowest BCUT2D eigenvalue weighted by atomic mass is 10.3. The van der Waals surface area contributed by atoms with Gasteiger partial charge in [0.05, 0.1) is 0 Å². The summed E-state index contributed by atoms with van der Waals surface area (Å²) < 4.78 is 0. The lowest BCUT2D eigenvalue weighted by molar-refractivity contribution is 1.79. The predicted molar refractivity (Wildman–Crippen MR) is 67.4 cm³/mol. The molecule has 0 aromatic carbocycles. The Labute approximate surface area is 96.5 Å². The third-order valence-corrected chi connectivity index (χ3v) is 4.06. The standard InChI is InChI=1S/C11H9ClS2/c12-7-1-3-9-5-6-11(14-9)10-4-2-8-13-10/h1-6,8H,7H2. The number of hydrogen-bond donors (Lipinski definition) is 0. The van der Waals surface area contributed by atoms with E-state index in [2.05, 4.69) is 35.7 Å². The predicted octanol–water partition coefficient (Wildman–Crippen LogP) is 4.73. The molecule has 3 heteroatoms. The molecule has 0 radical (unpaired) electrons. The number of alkyl halides is 1. The molecule has 14 heavy (non-hydrogen) atoms. The van der Waals surface area contributed by atoms with Gasteiger partial charge in [-0.05, 0) is 29.7 Å². The first-order valence-corrected chi connectivity index (χ1v) is 6.49. The number of rotatable bonds is 3. The molecular formula is C11H9ClS2. The second kappa shape index (κ2) is 4.78. The average Bonchev–Trinajstić information content (AvgIpc) is 2.85. The van der Waals surface area contributed by atoms with Crippen molar-refractivity contribution in [2.75, 3.05) is 5.88 Å². The summed E-state index contributed by atoms with van der Waals surface area (Å²) >= 11 is 9.15. The van der Waals surface area contributed by atoms with Crippen LogP contribution in [0, 0.1) is 0 Å². The smallest absolute Gasteiger partial charge is 0.0448 e. The molecule has 0 unspecified atom stereocenters. The van der Waals surface area contributed by atoms with E-state index in [4.69, 9.17) is 11.6 Å².